The average molecular weight is 515 g/mol. The number of carboxylic acids is 1. The number of amides is 2. The number of fused-ring (bicyclic) bond motifs is 1. The molecule has 1 atom stereocenters. The van der Waals surface area contributed by atoms with Crippen molar-refractivity contribution in [2.24, 2.45) is 7.05 Å². The maximum atomic E-state index is 12.8. The first kappa shape index (κ1) is 27.4. The Morgan fingerprint density at radius 2 is 1.89 bits per heavy atom. The summed E-state index contributed by atoms with van der Waals surface area (Å²) in [5.74, 6) is -3.01. The van der Waals surface area contributed by atoms with Crippen LogP contribution in [-0.4, -0.2) is 64.5 Å². The van der Waals surface area contributed by atoms with Crippen LogP contribution in [0.3, 0.4) is 0 Å². The number of alkyl halides is 3. The number of hydrogen-bond acceptors (Lipinski definition) is 6. The van der Waals surface area contributed by atoms with E-state index in [1.807, 2.05) is 19.2 Å². The molecule has 1 aromatic carbocycles. The standard InChI is InChI=1S/C21H28N4O4.C2HF3O2/c1-22-8-3-9-29-15-10-14(11-15)13-4-5-16-18(12-13)24(2)21(28)25(16)17-6-7-19(26)23-20(17)27;3-2(4,5)1(6)7/h4-5,12,14-15,17,22H,3,6-11H2,1-2H3,(H,23,26,27);(H,6,7). The normalized spacial score (nSPS) is 22.0. The predicted octanol–water partition coefficient (Wildman–Crippen LogP) is 1.82. The number of piperidine rings is 1. The van der Waals surface area contributed by atoms with Crippen molar-refractivity contribution in [2.75, 3.05) is 20.2 Å². The van der Waals surface area contributed by atoms with E-state index in [-0.39, 0.29) is 18.0 Å². The van der Waals surface area contributed by atoms with E-state index < -0.39 is 24.1 Å². The molecule has 1 aromatic heterocycles. The quantitative estimate of drug-likeness (QED) is 0.379. The van der Waals surface area contributed by atoms with E-state index in [9.17, 15) is 27.6 Å². The van der Waals surface area contributed by atoms with Gasteiger partial charge in [-0.1, -0.05) is 6.07 Å². The third-order valence-corrected chi connectivity index (χ3v) is 6.37. The minimum absolute atomic E-state index is 0.231. The first-order chi connectivity index (χ1) is 16.9. The van der Waals surface area contributed by atoms with Gasteiger partial charge < -0.3 is 15.2 Å². The molecule has 10 nitrogen and oxygen atoms in total. The predicted molar refractivity (Wildman–Crippen MR) is 123 cm³/mol. The molecule has 0 spiro atoms. The van der Waals surface area contributed by atoms with Crippen molar-refractivity contribution >= 4 is 28.8 Å². The van der Waals surface area contributed by atoms with Crippen LogP contribution in [0.1, 0.15) is 49.6 Å². The number of aliphatic carboxylic acids is 1. The van der Waals surface area contributed by atoms with Crippen LogP contribution < -0.4 is 16.3 Å². The van der Waals surface area contributed by atoms with Gasteiger partial charge in [-0.15, -0.1) is 0 Å². The van der Waals surface area contributed by atoms with Crippen LogP contribution in [-0.2, 0) is 26.2 Å². The van der Waals surface area contributed by atoms with Crippen molar-refractivity contribution in [1.82, 2.24) is 19.8 Å². The first-order valence-electron chi connectivity index (χ1n) is 11.5. The molecule has 0 bridgehead atoms. The Labute approximate surface area is 204 Å². The van der Waals surface area contributed by atoms with Crippen molar-refractivity contribution in [3.05, 3.63) is 34.2 Å². The second-order valence-corrected chi connectivity index (χ2v) is 8.85. The molecule has 2 heterocycles. The minimum Gasteiger partial charge on any atom is -0.475 e. The summed E-state index contributed by atoms with van der Waals surface area (Å²) in [5, 5.41) is 12.6. The number of carbonyl (C=O) groups is 3. The number of rotatable bonds is 7. The lowest BCUT2D eigenvalue weighted by Gasteiger charge is -2.35. The van der Waals surface area contributed by atoms with Crippen LogP contribution in [0.15, 0.2) is 23.0 Å². The lowest BCUT2D eigenvalue weighted by atomic mass is 9.77. The summed E-state index contributed by atoms with van der Waals surface area (Å²) in [7, 11) is 3.67. The van der Waals surface area contributed by atoms with Gasteiger partial charge in [0, 0.05) is 20.1 Å². The van der Waals surface area contributed by atoms with Crippen LogP contribution in [0.4, 0.5) is 13.2 Å². The number of halogens is 3. The van der Waals surface area contributed by atoms with Crippen LogP contribution in [0.2, 0.25) is 0 Å². The lowest BCUT2D eigenvalue weighted by Crippen LogP contribution is -2.44. The van der Waals surface area contributed by atoms with Gasteiger partial charge in [-0.3, -0.25) is 24.0 Å². The fraction of sp³-hybridized carbons (Fsp3) is 0.565. The Kier molecular flexibility index (Phi) is 8.56. The maximum absolute atomic E-state index is 12.8. The van der Waals surface area contributed by atoms with E-state index in [0.29, 0.717) is 18.4 Å². The van der Waals surface area contributed by atoms with Gasteiger partial charge in [0.2, 0.25) is 11.8 Å². The summed E-state index contributed by atoms with van der Waals surface area (Å²) in [5.41, 5.74) is 2.51. The third-order valence-electron chi connectivity index (χ3n) is 6.37. The Bertz CT molecular complexity index is 1180. The van der Waals surface area contributed by atoms with Gasteiger partial charge in [0.05, 0.1) is 17.1 Å². The summed E-state index contributed by atoms with van der Waals surface area (Å²) in [4.78, 5) is 45.5. The third kappa shape index (κ3) is 6.13. The number of imidazole rings is 1. The zero-order valence-electron chi connectivity index (χ0n) is 19.9. The summed E-state index contributed by atoms with van der Waals surface area (Å²) < 4.78 is 40.7. The summed E-state index contributed by atoms with van der Waals surface area (Å²) in [6.07, 6.45) is -1.18. The van der Waals surface area contributed by atoms with E-state index in [1.54, 1.807) is 11.6 Å². The molecule has 2 aromatic rings. The number of carbonyl (C=O) groups excluding carboxylic acids is 2. The molecule has 1 saturated heterocycles. The monoisotopic (exact) mass is 514 g/mol. The molecule has 1 aliphatic carbocycles. The van der Waals surface area contributed by atoms with E-state index >= 15 is 0 Å². The maximum Gasteiger partial charge on any atom is 0.490 e. The van der Waals surface area contributed by atoms with Gasteiger partial charge in [0.25, 0.3) is 0 Å². The first-order valence-corrected chi connectivity index (χ1v) is 11.5. The summed E-state index contributed by atoms with van der Waals surface area (Å²) in [6, 6.07) is 5.39. The van der Waals surface area contributed by atoms with Crippen LogP contribution in [0.25, 0.3) is 11.0 Å². The number of carboxylic acid groups (broad SMARTS) is 1. The average Bonchev–Trinajstić information content (AvgIpc) is 3.02. The van der Waals surface area contributed by atoms with Crippen LogP contribution >= 0.6 is 0 Å². The molecule has 2 amide bonds. The lowest BCUT2D eigenvalue weighted by molar-refractivity contribution is -0.192. The molecule has 2 fully saturated rings. The molecule has 0 radical (unpaired) electrons. The van der Waals surface area contributed by atoms with E-state index in [0.717, 1.165) is 43.4 Å². The van der Waals surface area contributed by atoms with Crippen molar-refractivity contribution in [1.29, 1.82) is 0 Å². The largest absolute Gasteiger partial charge is 0.490 e. The summed E-state index contributed by atoms with van der Waals surface area (Å²) in [6.45, 7) is 1.74. The molecule has 36 heavy (non-hydrogen) atoms. The summed E-state index contributed by atoms with van der Waals surface area (Å²) >= 11 is 0. The van der Waals surface area contributed by atoms with E-state index in [2.05, 4.69) is 16.7 Å². The molecule has 1 saturated carbocycles. The SMILES string of the molecule is CNCCCOC1CC(c2ccc3c(c2)n(C)c(=O)n3C2CCC(=O)NC2=O)C1.O=C(O)C(F)(F)F. The number of ether oxygens (including phenoxy) is 1. The molecular weight excluding hydrogens is 485 g/mol. The van der Waals surface area contributed by atoms with Gasteiger partial charge >= 0.3 is 17.8 Å². The number of benzene rings is 1. The Hall–Kier alpha value is -3.19. The van der Waals surface area contributed by atoms with Gasteiger partial charge in [-0.25, -0.2) is 9.59 Å². The fourth-order valence-electron chi connectivity index (χ4n) is 4.34. The van der Waals surface area contributed by atoms with Gasteiger partial charge in [-0.2, -0.15) is 13.2 Å². The van der Waals surface area contributed by atoms with Crippen molar-refractivity contribution in [3.8, 4) is 0 Å². The van der Waals surface area contributed by atoms with Crippen molar-refractivity contribution < 1.29 is 37.4 Å². The molecule has 13 heteroatoms. The molecule has 2 aliphatic rings. The minimum atomic E-state index is -5.08. The highest BCUT2D eigenvalue weighted by Crippen LogP contribution is 2.39. The molecule has 1 aliphatic heterocycles. The molecule has 1 unspecified atom stereocenters. The molecule has 4 rings (SSSR count). The molecular formula is C23H29F3N4O6. The smallest absolute Gasteiger partial charge is 0.475 e. The number of nitrogens with zero attached hydrogens (tertiary/aromatic N) is 2. The Balaban J connectivity index is 0.000000454. The number of imide groups is 1. The highest BCUT2D eigenvalue weighted by molar-refractivity contribution is 6.00. The fourth-order valence-corrected chi connectivity index (χ4v) is 4.34. The highest BCUT2D eigenvalue weighted by atomic mass is 19.4. The second-order valence-electron chi connectivity index (χ2n) is 8.85. The Morgan fingerprint density at radius 3 is 2.47 bits per heavy atom. The number of nitrogens with one attached hydrogen (secondary N) is 2. The topological polar surface area (TPSA) is 132 Å². The highest BCUT2D eigenvalue weighted by Gasteiger charge is 2.38. The Morgan fingerprint density at radius 1 is 1.22 bits per heavy atom. The van der Waals surface area contributed by atoms with Crippen molar-refractivity contribution in [2.45, 2.75) is 56.3 Å². The van der Waals surface area contributed by atoms with Crippen LogP contribution in [0, 0.1) is 0 Å². The zero-order chi connectivity index (χ0) is 26.6. The molecule has 198 valence electrons. The second kappa shape index (κ2) is 11.2. The van der Waals surface area contributed by atoms with Gasteiger partial charge in [0.15, 0.2) is 0 Å². The number of hydrogen-bond donors (Lipinski definition) is 3. The van der Waals surface area contributed by atoms with E-state index in [1.165, 1.54) is 10.1 Å². The number of aryl methyl sites for hydroxylation is 1. The van der Waals surface area contributed by atoms with Crippen molar-refractivity contribution in [3.63, 3.8) is 0 Å². The molecule has 3 N–H and O–H groups in total. The van der Waals surface area contributed by atoms with Gasteiger partial charge in [-0.05, 0) is 62.9 Å². The number of aromatic nitrogens is 2. The zero-order valence-corrected chi connectivity index (χ0v) is 19.9. The van der Waals surface area contributed by atoms with Gasteiger partial charge in [0.1, 0.15) is 6.04 Å². The van der Waals surface area contributed by atoms with E-state index in [4.69, 9.17) is 14.6 Å². The van der Waals surface area contributed by atoms with Crippen LogP contribution in [0.5, 0.6) is 0 Å².